The van der Waals surface area contributed by atoms with Gasteiger partial charge in [0.1, 0.15) is 0 Å². The molecule has 9 N–H and O–H groups in total. The highest BCUT2D eigenvalue weighted by Crippen LogP contribution is 2.31. The number of carbonyl (C=O) groups is 4. The summed E-state index contributed by atoms with van der Waals surface area (Å²) in [5.41, 5.74) is 10.5. The summed E-state index contributed by atoms with van der Waals surface area (Å²) >= 11 is 0. The van der Waals surface area contributed by atoms with Gasteiger partial charge in [0.15, 0.2) is 0 Å². The molecule has 0 radical (unpaired) electrons. The number of piperazine rings is 3. The van der Waals surface area contributed by atoms with Crippen LogP contribution in [-0.2, 0) is 19.2 Å². The van der Waals surface area contributed by atoms with Gasteiger partial charge in [0.05, 0.1) is 49.8 Å². The van der Waals surface area contributed by atoms with Crippen LogP contribution in [0, 0.1) is 0 Å². The number of benzene rings is 10. The summed E-state index contributed by atoms with van der Waals surface area (Å²) in [6.45, 7) is 15.1. The lowest BCUT2D eigenvalue weighted by Crippen LogP contribution is -2.48. The van der Waals surface area contributed by atoms with E-state index in [4.69, 9.17) is 26.2 Å². The molecule has 0 aliphatic carbocycles. The van der Waals surface area contributed by atoms with Crippen molar-refractivity contribution in [3.05, 3.63) is 212 Å². The molecule has 3 fully saturated rings. The predicted octanol–water partition coefficient (Wildman–Crippen LogP) is 10.7. The van der Waals surface area contributed by atoms with E-state index in [9.17, 15) is 19.2 Å². The summed E-state index contributed by atoms with van der Waals surface area (Å²) in [7, 11) is 6.97. The summed E-state index contributed by atoms with van der Waals surface area (Å²) in [5, 5.41) is 49.9. The Kier molecular flexibility index (Phi) is 34.4. The minimum atomic E-state index is -0.111. The first kappa shape index (κ1) is 75.3. The van der Waals surface area contributed by atoms with Crippen LogP contribution in [0.1, 0.15) is 27.7 Å². The maximum absolute atomic E-state index is 12.1. The molecular formula is C75H95N9O8. The summed E-state index contributed by atoms with van der Waals surface area (Å²) in [4.78, 5) is 57.6. The van der Waals surface area contributed by atoms with Gasteiger partial charge in [0.25, 0.3) is 0 Å². The van der Waals surface area contributed by atoms with Crippen LogP contribution in [-0.4, -0.2) is 168 Å². The zero-order valence-corrected chi connectivity index (χ0v) is 54.9. The monoisotopic (exact) mass is 1250 g/mol. The van der Waals surface area contributed by atoms with Crippen molar-refractivity contribution in [3.63, 3.8) is 0 Å². The van der Waals surface area contributed by atoms with E-state index in [1.165, 1.54) is 21.5 Å². The fraction of sp³-hybridized carbons (Fsp3) is 0.280. The van der Waals surface area contributed by atoms with Crippen LogP contribution in [0.25, 0.3) is 53.9 Å². The number of likely N-dealkylation sites (N-methyl/N-ethyl adjacent to an activating group) is 2. The third-order valence-corrected chi connectivity index (χ3v) is 14.5. The third-order valence-electron chi connectivity index (χ3n) is 14.5. The number of aliphatic hydroxyl groups is 4. The lowest BCUT2D eigenvalue weighted by molar-refractivity contribution is -0.121. The van der Waals surface area contributed by atoms with E-state index in [-0.39, 0.29) is 36.8 Å². The average molecular weight is 1250 g/mol. The number of hydrogen-bond donors (Lipinski definition) is 8. The number of nitrogens with one attached hydrogen (secondary N) is 3. The minimum absolute atomic E-state index is 0.0293. The molecule has 10 aromatic carbocycles. The van der Waals surface area contributed by atoms with Gasteiger partial charge in [-0.3, -0.25) is 29.0 Å². The molecule has 0 spiro atoms. The van der Waals surface area contributed by atoms with Crippen LogP contribution in [0.5, 0.6) is 0 Å². The molecule has 17 nitrogen and oxygen atoms in total. The Hall–Kier alpha value is -9.14. The number of nitrogens with zero attached hydrogens (tertiary/aromatic N) is 5. The molecule has 0 unspecified atom stereocenters. The molecule has 3 aliphatic rings. The number of amides is 4. The van der Waals surface area contributed by atoms with Gasteiger partial charge < -0.3 is 56.8 Å². The Labute approximate surface area is 543 Å². The van der Waals surface area contributed by atoms with E-state index >= 15 is 0 Å². The highest BCUT2D eigenvalue weighted by Gasteiger charge is 2.25. The number of anilines is 5. The molecule has 0 aromatic heterocycles. The predicted molar refractivity (Wildman–Crippen MR) is 385 cm³/mol. The van der Waals surface area contributed by atoms with Crippen molar-refractivity contribution in [1.29, 1.82) is 0 Å². The molecule has 0 bridgehead atoms. The quantitative estimate of drug-likeness (QED) is 0.0524. The molecule has 17 heteroatoms. The molecule has 0 atom stereocenters. The Morgan fingerprint density at radius 3 is 1.16 bits per heavy atom. The van der Waals surface area contributed by atoms with Gasteiger partial charge in [-0.1, -0.05) is 210 Å². The van der Waals surface area contributed by atoms with Crippen molar-refractivity contribution >= 4 is 106 Å². The van der Waals surface area contributed by atoms with E-state index in [0.29, 0.717) is 26.2 Å². The third kappa shape index (κ3) is 21.8. The van der Waals surface area contributed by atoms with Crippen LogP contribution < -0.4 is 36.4 Å². The second-order valence-electron chi connectivity index (χ2n) is 20.3. The summed E-state index contributed by atoms with van der Waals surface area (Å²) in [6, 6.07) is 70.7. The van der Waals surface area contributed by atoms with E-state index in [1.54, 1.807) is 0 Å². The molecule has 0 saturated carbocycles. The van der Waals surface area contributed by atoms with Gasteiger partial charge in [-0.25, -0.2) is 0 Å². The van der Waals surface area contributed by atoms with Crippen LogP contribution in [0.2, 0.25) is 0 Å². The van der Waals surface area contributed by atoms with Crippen molar-refractivity contribution in [2.45, 2.75) is 27.7 Å². The summed E-state index contributed by atoms with van der Waals surface area (Å²) < 4.78 is 0. The second-order valence-corrected chi connectivity index (χ2v) is 20.3. The van der Waals surface area contributed by atoms with Gasteiger partial charge in [0.2, 0.25) is 23.6 Å². The number of aliphatic hydroxyl groups excluding tert-OH is 4. The largest absolute Gasteiger partial charge is 0.400 e. The Balaban J connectivity index is 0.000000238. The van der Waals surface area contributed by atoms with Crippen LogP contribution >= 0.6 is 0 Å². The van der Waals surface area contributed by atoms with Crippen molar-refractivity contribution in [1.82, 2.24) is 20.4 Å². The first-order chi connectivity index (χ1) is 45.1. The maximum atomic E-state index is 12.1. The maximum Gasteiger partial charge on any atom is 0.241 e. The normalized spacial score (nSPS) is 13.4. The highest BCUT2D eigenvalue weighted by atomic mass is 16.3. The molecular weight excluding hydrogens is 1150 g/mol. The van der Waals surface area contributed by atoms with Crippen LogP contribution in [0.15, 0.2) is 212 Å². The Bertz CT molecular complexity index is 3700. The van der Waals surface area contributed by atoms with Gasteiger partial charge in [-0.15, -0.1) is 0 Å². The van der Waals surface area contributed by atoms with E-state index in [1.807, 2.05) is 202 Å². The molecule has 488 valence electrons. The number of nitrogens with two attached hydrogens (primary N) is 1. The van der Waals surface area contributed by atoms with Crippen molar-refractivity contribution in [2.24, 2.45) is 0 Å². The van der Waals surface area contributed by atoms with Gasteiger partial charge in [-0.2, -0.15) is 0 Å². The van der Waals surface area contributed by atoms with E-state index in [0.717, 1.165) is 121 Å². The lowest BCUT2D eigenvalue weighted by atomic mass is 10.1. The van der Waals surface area contributed by atoms with Crippen molar-refractivity contribution < 1.29 is 39.6 Å². The van der Waals surface area contributed by atoms with Gasteiger partial charge in [0, 0.05) is 105 Å². The fourth-order valence-corrected chi connectivity index (χ4v) is 10.3. The molecule has 3 aliphatic heterocycles. The van der Waals surface area contributed by atoms with E-state index < -0.39 is 0 Å². The van der Waals surface area contributed by atoms with Gasteiger partial charge in [-0.05, 0) is 71.4 Å². The SMILES string of the molecule is CC.CC.CN1CCN(c2cccc3ccccc23)C(=O)C1.CN1CCN(c2cccc3ccccc23)C(=O)C1.CO.CO.CO.Nc1cccc2ccccc12.O=C(CNCCO)Nc1cccc2ccccc12.O=C1CNCCN1c1cccc2ccccc12. The molecule has 10 aromatic rings. The zero-order valence-electron chi connectivity index (χ0n) is 54.9. The van der Waals surface area contributed by atoms with Crippen LogP contribution in [0.3, 0.4) is 0 Å². The number of hydrogen-bond acceptors (Lipinski definition) is 13. The average Bonchev–Trinajstić information content (AvgIpc) is 0.909. The first-order valence-corrected chi connectivity index (χ1v) is 31.1. The molecule has 92 heavy (non-hydrogen) atoms. The Morgan fingerprint density at radius 1 is 0.435 bits per heavy atom. The smallest absolute Gasteiger partial charge is 0.241 e. The number of rotatable bonds is 8. The fourth-order valence-electron chi connectivity index (χ4n) is 10.3. The minimum Gasteiger partial charge on any atom is -0.400 e. The zero-order chi connectivity index (χ0) is 67.2. The Morgan fingerprint density at radius 2 is 0.772 bits per heavy atom. The summed E-state index contributed by atoms with van der Waals surface area (Å²) in [5.74, 6) is 0.396. The standard InChI is InChI=1S/2C15H16N2O.C14H16N2O2.C14H14N2O.C10H9N.2C2H6.3CH4O/c2*1-16-9-10-17(15(18)11-16)14-8-4-6-12-5-2-3-7-13(12)14;17-9-8-15-10-14(18)16-13-7-3-5-11-4-1-2-6-12(11)13;17-14-10-15-8-9-16(14)13-7-3-5-11-4-1-2-6-12(11)13;11-10-7-3-5-8-4-1-2-6-9(8)10;5*1-2/h2*2-8H,9-11H2,1H3;1-7,15,17H,8-10H2,(H,16,18);1-7,15H,8-10H2;1-7H,11H2;2*1-2H3;3*2H,1H3. The lowest BCUT2D eigenvalue weighted by Gasteiger charge is -2.32. The second kappa shape index (κ2) is 42.0. The molecule has 3 heterocycles. The topological polar surface area (TPSA) is 228 Å². The molecule has 4 amide bonds. The van der Waals surface area contributed by atoms with Crippen molar-refractivity contribution in [3.8, 4) is 0 Å². The van der Waals surface area contributed by atoms with E-state index in [2.05, 4.69) is 92.5 Å². The van der Waals surface area contributed by atoms with Gasteiger partial charge >= 0.3 is 0 Å². The highest BCUT2D eigenvalue weighted by molar-refractivity contribution is 6.07. The van der Waals surface area contributed by atoms with Crippen LogP contribution in [0.4, 0.5) is 28.4 Å². The first-order valence-electron chi connectivity index (χ1n) is 31.1. The molecule has 3 saturated heterocycles. The number of carbonyl (C=O) groups excluding carboxylic acids is 4. The summed E-state index contributed by atoms with van der Waals surface area (Å²) in [6.07, 6.45) is 0. The van der Waals surface area contributed by atoms with Crippen molar-refractivity contribution in [2.75, 3.05) is 140 Å². The molecule has 13 rings (SSSR count). The number of fused-ring (bicyclic) bond motifs is 5. The number of nitrogen functional groups attached to an aromatic ring is 1.